The fraction of sp³-hybridized carbons (Fsp3) is 0.515. The summed E-state index contributed by atoms with van der Waals surface area (Å²) in [6.45, 7) is 6.85. The average molecular weight is 587 g/mol. The first-order valence-corrected chi connectivity index (χ1v) is 15.7. The Balaban J connectivity index is 1.19. The number of benzene rings is 1. The Morgan fingerprint density at radius 1 is 1.02 bits per heavy atom. The van der Waals surface area contributed by atoms with Crippen LogP contribution in [0.1, 0.15) is 56.1 Å². The van der Waals surface area contributed by atoms with Gasteiger partial charge in [0, 0.05) is 42.0 Å². The van der Waals surface area contributed by atoms with E-state index in [4.69, 9.17) is 14.7 Å². The maximum Gasteiger partial charge on any atom is 0.319 e. The van der Waals surface area contributed by atoms with Crippen LogP contribution in [0.2, 0.25) is 0 Å². The Morgan fingerprint density at radius 2 is 1.84 bits per heavy atom. The van der Waals surface area contributed by atoms with Gasteiger partial charge in [0.25, 0.3) is 5.91 Å². The van der Waals surface area contributed by atoms with E-state index in [0.717, 1.165) is 57.2 Å². The van der Waals surface area contributed by atoms with Gasteiger partial charge in [0.15, 0.2) is 5.83 Å². The molecule has 8 nitrogen and oxygen atoms in total. The van der Waals surface area contributed by atoms with Crippen LogP contribution in [0.25, 0.3) is 22.0 Å². The zero-order valence-electron chi connectivity index (χ0n) is 24.3. The molecule has 4 saturated heterocycles. The van der Waals surface area contributed by atoms with Crippen LogP contribution in [0.5, 0.6) is 6.01 Å². The van der Waals surface area contributed by atoms with E-state index in [1.54, 1.807) is 11.1 Å². The molecule has 4 aliphatic heterocycles. The number of rotatable bonds is 6. The summed E-state index contributed by atoms with van der Waals surface area (Å²) in [7, 11) is 0. The third kappa shape index (κ3) is 4.31. The molecule has 6 heterocycles. The lowest BCUT2D eigenvalue weighted by molar-refractivity contribution is -0.130. The Labute approximate surface area is 249 Å². The number of amides is 1. The summed E-state index contributed by atoms with van der Waals surface area (Å²) in [6.07, 6.45) is 13.0. The van der Waals surface area contributed by atoms with Crippen LogP contribution in [0.4, 0.5) is 14.6 Å². The van der Waals surface area contributed by atoms with Crippen molar-refractivity contribution in [2.45, 2.75) is 75.4 Å². The zero-order valence-corrected chi connectivity index (χ0v) is 24.3. The van der Waals surface area contributed by atoms with E-state index in [-0.39, 0.29) is 29.5 Å². The first-order chi connectivity index (χ1) is 20.9. The van der Waals surface area contributed by atoms with Gasteiger partial charge in [0.05, 0.1) is 23.1 Å². The van der Waals surface area contributed by atoms with Crippen molar-refractivity contribution < 1.29 is 18.3 Å². The van der Waals surface area contributed by atoms with Crippen LogP contribution >= 0.6 is 0 Å². The van der Waals surface area contributed by atoms with Crippen LogP contribution in [0.15, 0.2) is 36.9 Å². The van der Waals surface area contributed by atoms with Crippen LogP contribution in [-0.2, 0) is 17.6 Å². The number of carbonyl (C=O) groups excluding carboxylic acids is 1. The minimum atomic E-state index is -0.943. The second-order valence-electron chi connectivity index (χ2n) is 12.9. The van der Waals surface area contributed by atoms with E-state index in [1.165, 1.54) is 30.0 Å². The monoisotopic (exact) mass is 586 g/mol. The molecule has 4 fully saturated rings. The number of fused-ring (bicyclic) bond motifs is 4. The van der Waals surface area contributed by atoms with Gasteiger partial charge in [-0.05, 0) is 94.1 Å². The number of hydrogen-bond acceptors (Lipinski definition) is 7. The quantitative estimate of drug-likeness (QED) is 0.377. The molecular weight excluding hydrogens is 550 g/mol. The molecular formula is C33H36F2N6O2. The Morgan fingerprint density at radius 3 is 2.65 bits per heavy atom. The van der Waals surface area contributed by atoms with Crippen LogP contribution in [-0.4, -0.2) is 81.1 Å². The van der Waals surface area contributed by atoms with Gasteiger partial charge in [-0.2, -0.15) is 9.97 Å². The summed E-state index contributed by atoms with van der Waals surface area (Å²) in [4.78, 5) is 32.8. The van der Waals surface area contributed by atoms with Crippen molar-refractivity contribution in [3.05, 3.63) is 53.9 Å². The van der Waals surface area contributed by atoms with Gasteiger partial charge < -0.3 is 14.5 Å². The lowest BCUT2D eigenvalue weighted by atomic mass is 9.87. The molecule has 1 aromatic carbocycles. The van der Waals surface area contributed by atoms with Gasteiger partial charge >= 0.3 is 6.01 Å². The Bertz CT molecular complexity index is 1640. The molecule has 1 amide bonds. The normalized spacial score (nSPS) is 24.0. The molecule has 1 aliphatic carbocycles. The lowest BCUT2D eigenvalue weighted by Gasteiger charge is -2.47. The van der Waals surface area contributed by atoms with Gasteiger partial charge in [0.2, 0.25) is 0 Å². The Hall–Kier alpha value is -3.66. The summed E-state index contributed by atoms with van der Waals surface area (Å²) in [5.74, 6) is -1.34. The van der Waals surface area contributed by atoms with E-state index >= 15 is 4.39 Å². The van der Waals surface area contributed by atoms with Crippen LogP contribution in [0, 0.1) is 5.82 Å². The van der Waals surface area contributed by atoms with E-state index in [0.29, 0.717) is 48.4 Å². The number of hydrogen-bond donors (Lipinski definition) is 0. The summed E-state index contributed by atoms with van der Waals surface area (Å²) >= 11 is 0. The predicted octanol–water partition coefficient (Wildman–Crippen LogP) is 4.99. The highest BCUT2D eigenvalue weighted by atomic mass is 19.1. The van der Waals surface area contributed by atoms with Crippen molar-refractivity contribution in [2.75, 3.05) is 37.7 Å². The van der Waals surface area contributed by atoms with E-state index in [1.807, 2.05) is 12.3 Å². The lowest BCUT2D eigenvalue weighted by Crippen LogP contribution is -2.63. The molecule has 2 aromatic heterocycles. The standard InChI is InChI=1S/C33H36F2N6O2/c1-20(34)31(42)40-13-8-28-29(40)18-41(28)30-24-14-26(35)23(25-17-36-16-21-6-2-3-7-22(21)25)15-27(24)37-32(38-30)43-19-33-9-4-11-39(33)12-5-10-33/h14-17,28-29H,1-13,18-19H2/t28-,29-/m1/s1. The van der Waals surface area contributed by atoms with Crippen LogP contribution in [0.3, 0.4) is 0 Å². The van der Waals surface area contributed by atoms with E-state index in [9.17, 15) is 9.18 Å². The second-order valence-corrected chi connectivity index (χ2v) is 12.9. The van der Waals surface area contributed by atoms with Crippen molar-refractivity contribution in [3.63, 3.8) is 0 Å². The number of carbonyl (C=O) groups is 1. The molecule has 0 bridgehead atoms. The second kappa shape index (κ2) is 10.2. The number of pyridine rings is 1. The fourth-order valence-corrected chi connectivity index (χ4v) is 8.42. The largest absolute Gasteiger partial charge is 0.461 e. The number of anilines is 1. The summed E-state index contributed by atoms with van der Waals surface area (Å²) < 4.78 is 36.1. The molecule has 3 aromatic rings. The van der Waals surface area contributed by atoms with E-state index < -0.39 is 11.7 Å². The maximum atomic E-state index is 16.0. The molecule has 0 unspecified atom stereocenters. The maximum absolute atomic E-state index is 16.0. The van der Waals surface area contributed by atoms with Crippen molar-refractivity contribution in [1.29, 1.82) is 0 Å². The number of ether oxygens (including phenoxy) is 1. The first kappa shape index (κ1) is 26.9. The molecule has 0 N–H and O–H groups in total. The number of halogens is 2. The minimum Gasteiger partial charge on any atom is -0.461 e. The molecule has 43 heavy (non-hydrogen) atoms. The molecule has 0 saturated carbocycles. The van der Waals surface area contributed by atoms with Gasteiger partial charge in [-0.3, -0.25) is 14.7 Å². The molecule has 10 heteroatoms. The van der Waals surface area contributed by atoms with Crippen molar-refractivity contribution in [1.82, 2.24) is 24.8 Å². The molecule has 0 radical (unpaired) electrons. The highest BCUT2D eigenvalue weighted by Crippen LogP contribution is 2.43. The van der Waals surface area contributed by atoms with Gasteiger partial charge in [-0.1, -0.05) is 6.58 Å². The highest BCUT2D eigenvalue weighted by molar-refractivity contribution is 5.95. The molecule has 8 rings (SSSR count). The first-order valence-electron chi connectivity index (χ1n) is 15.7. The van der Waals surface area contributed by atoms with Crippen molar-refractivity contribution in [2.24, 2.45) is 0 Å². The summed E-state index contributed by atoms with van der Waals surface area (Å²) in [5, 5.41) is 0.603. The topological polar surface area (TPSA) is 74.7 Å². The van der Waals surface area contributed by atoms with Gasteiger partial charge in [-0.15, -0.1) is 0 Å². The SMILES string of the molecule is C=C(F)C(=O)N1CC[C@@H]2[C@H]1CN2c1nc(OCC23CCCN2CCC3)nc2cc(-c3cncc4c3CCCC4)c(F)cc12. The van der Waals surface area contributed by atoms with E-state index in [2.05, 4.69) is 21.4 Å². The fourth-order valence-electron chi connectivity index (χ4n) is 8.42. The number of aryl methyl sites for hydroxylation is 1. The van der Waals surface area contributed by atoms with Gasteiger partial charge in [-0.25, -0.2) is 8.78 Å². The summed E-state index contributed by atoms with van der Waals surface area (Å²) in [5.41, 5.74) is 4.32. The van der Waals surface area contributed by atoms with Crippen LogP contribution < -0.4 is 9.64 Å². The molecule has 224 valence electrons. The highest BCUT2D eigenvalue weighted by Gasteiger charge is 2.50. The number of aromatic nitrogens is 3. The zero-order chi connectivity index (χ0) is 29.3. The smallest absolute Gasteiger partial charge is 0.319 e. The Kier molecular flexibility index (Phi) is 6.40. The molecule has 0 spiro atoms. The predicted molar refractivity (Wildman–Crippen MR) is 159 cm³/mol. The molecule has 2 atom stereocenters. The van der Waals surface area contributed by atoms with Gasteiger partial charge in [0.1, 0.15) is 18.2 Å². The van der Waals surface area contributed by atoms with Crippen molar-refractivity contribution in [3.8, 4) is 17.1 Å². The summed E-state index contributed by atoms with van der Waals surface area (Å²) in [6, 6.07) is 3.47. The van der Waals surface area contributed by atoms with Crippen molar-refractivity contribution >= 4 is 22.6 Å². The molecule has 5 aliphatic rings. The average Bonchev–Trinajstić information content (AvgIpc) is 3.68. The number of likely N-dealkylation sites (tertiary alicyclic amines) is 1. The minimum absolute atomic E-state index is 0.0319. The number of nitrogens with zero attached hydrogens (tertiary/aromatic N) is 6. The third-order valence-corrected chi connectivity index (χ3v) is 10.6. The third-order valence-electron chi connectivity index (χ3n) is 10.6.